The first-order valence-corrected chi connectivity index (χ1v) is 6.69. The van der Waals surface area contributed by atoms with Crippen molar-refractivity contribution in [2.24, 2.45) is 5.73 Å². The molecule has 2 aromatic rings. The third-order valence-electron chi connectivity index (χ3n) is 2.96. The lowest BCUT2D eigenvalue weighted by molar-refractivity contribution is -0.274. The van der Waals surface area contributed by atoms with E-state index in [1.807, 2.05) is 13.0 Å². The Kier molecular flexibility index (Phi) is 6.72. The highest BCUT2D eigenvalue weighted by atomic mass is 35.5. The second-order valence-corrected chi connectivity index (χ2v) is 4.69. The van der Waals surface area contributed by atoms with E-state index < -0.39 is 6.36 Å². The minimum atomic E-state index is -4.70. The van der Waals surface area contributed by atoms with Crippen LogP contribution in [0.15, 0.2) is 42.5 Å². The normalized spacial score (nSPS) is 10.8. The molecule has 0 atom stereocenters. The summed E-state index contributed by atoms with van der Waals surface area (Å²) in [5.41, 5.74) is 7.72. The maximum Gasteiger partial charge on any atom is 0.573 e. The zero-order chi connectivity index (χ0) is 16.2. The first kappa shape index (κ1) is 19.1. The van der Waals surface area contributed by atoms with Gasteiger partial charge in [-0.3, -0.25) is 0 Å². The Hall–Kier alpha value is -1.92. The van der Waals surface area contributed by atoms with Crippen molar-refractivity contribution in [1.82, 2.24) is 0 Å². The molecule has 0 bridgehead atoms. The number of nitrogens with two attached hydrogens (primary N) is 1. The number of hydrogen-bond donors (Lipinski definition) is 1. The molecular formula is C16H17ClF3NO2. The highest BCUT2D eigenvalue weighted by molar-refractivity contribution is 5.85. The van der Waals surface area contributed by atoms with Gasteiger partial charge in [-0.1, -0.05) is 18.2 Å². The molecule has 3 nitrogen and oxygen atoms in total. The molecule has 0 unspecified atom stereocenters. The van der Waals surface area contributed by atoms with Crippen LogP contribution < -0.4 is 15.2 Å². The monoisotopic (exact) mass is 347 g/mol. The Morgan fingerprint density at radius 1 is 1.04 bits per heavy atom. The number of alkyl halides is 3. The second-order valence-electron chi connectivity index (χ2n) is 4.69. The van der Waals surface area contributed by atoms with Crippen LogP contribution in [0.3, 0.4) is 0 Å². The van der Waals surface area contributed by atoms with E-state index in [1.165, 1.54) is 18.2 Å². The quantitative estimate of drug-likeness (QED) is 0.876. The Labute approximate surface area is 138 Å². The van der Waals surface area contributed by atoms with Crippen LogP contribution in [0.5, 0.6) is 11.5 Å². The zero-order valence-corrected chi connectivity index (χ0v) is 13.2. The molecule has 0 aliphatic carbocycles. The van der Waals surface area contributed by atoms with E-state index in [1.54, 1.807) is 18.2 Å². The molecule has 23 heavy (non-hydrogen) atoms. The van der Waals surface area contributed by atoms with E-state index in [-0.39, 0.29) is 18.2 Å². The van der Waals surface area contributed by atoms with Gasteiger partial charge in [0.15, 0.2) is 0 Å². The van der Waals surface area contributed by atoms with Gasteiger partial charge in [-0.2, -0.15) is 0 Å². The van der Waals surface area contributed by atoms with E-state index in [4.69, 9.17) is 10.5 Å². The summed E-state index contributed by atoms with van der Waals surface area (Å²) in [6, 6.07) is 11.3. The predicted molar refractivity (Wildman–Crippen MR) is 85.1 cm³/mol. The predicted octanol–water partition coefficient (Wildman–Crippen LogP) is 4.32. The van der Waals surface area contributed by atoms with Crippen molar-refractivity contribution >= 4 is 12.4 Å². The molecule has 0 heterocycles. The van der Waals surface area contributed by atoms with Crippen molar-refractivity contribution in [3.8, 4) is 22.6 Å². The maximum absolute atomic E-state index is 12.3. The van der Waals surface area contributed by atoms with Crippen LogP contribution in [0.4, 0.5) is 13.2 Å². The molecule has 0 saturated heterocycles. The number of rotatable bonds is 5. The van der Waals surface area contributed by atoms with Crippen molar-refractivity contribution in [3.63, 3.8) is 0 Å². The van der Waals surface area contributed by atoms with E-state index >= 15 is 0 Å². The highest BCUT2D eigenvalue weighted by Gasteiger charge is 2.31. The Morgan fingerprint density at radius 3 is 2.39 bits per heavy atom. The van der Waals surface area contributed by atoms with Crippen LogP contribution in [-0.4, -0.2) is 19.5 Å². The van der Waals surface area contributed by atoms with Crippen molar-refractivity contribution < 1.29 is 22.6 Å². The summed E-state index contributed by atoms with van der Waals surface area (Å²) in [4.78, 5) is 0. The van der Waals surface area contributed by atoms with Gasteiger partial charge in [-0.05, 0) is 47.9 Å². The fourth-order valence-corrected chi connectivity index (χ4v) is 2.09. The first-order chi connectivity index (χ1) is 10.4. The number of aryl methyl sites for hydroxylation is 1. The zero-order valence-electron chi connectivity index (χ0n) is 12.4. The van der Waals surface area contributed by atoms with Gasteiger partial charge in [0, 0.05) is 6.54 Å². The minimum absolute atomic E-state index is 0. The Morgan fingerprint density at radius 2 is 1.78 bits per heavy atom. The van der Waals surface area contributed by atoms with Crippen LogP contribution in [-0.2, 0) is 0 Å². The van der Waals surface area contributed by atoms with Gasteiger partial charge in [0.25, 0.3) is 0 Å². The lowest BCUT2D eigenvalue weighted by atomic mass is 10.0. The second kappa shape index (κ2) is 8.08. The fourth-order valence-electron chi connectivity index (χ4n) is 2.09. The van der Waals surface area contributed by atoms with E-state index in [0.717, 1.165) is 11.1 Å². The lowest BCUT2D eigenvalue weighted by Gasteiger charge is -2.12. The minimum Gasteiger partial charge on any atom is -0.492 e. The average molecular weight is 348 g/mol. The fraction of sp³-hybridized carbons (Fsp3) is 0.250. The van der Waals surface area contributed by atoms with Crippen molar-refractivity contribution in [2.75, 3.05) is 13.2 Å². The molecule has 0 spiro atoms. The molecule has 2 N–H and O–H groups in total. The lowest BCUT2D eigenvalue weighted by Crippen LogP contribution is -2.17. The van der Waals surface area contributed by atoms with E-state index in [0.29, 0.717) is 24.5 Å². The summed E-state index contributed by atoms with van der Waals surface area (Å²) in [5, 5.41) is 0. The van der Waals surface area contributed by atoms with Crippen LogP contribution >= 0.6 is 12.4 Å². The maximum atomic E-state index is 12.3. The Balaban J connectivity index is 0.00000264. The van der Waals surface area contributed by atoms with Gasteiger partial charge < -0.3 is 15.2 Å². The van der Waals surface area contributed by atoms with Gasteiger partial charge in [0.2, 0.25) is 0 Å². The molecule has 126 valence electrons. The van der Waals surface area contributed by atoms with Crippen LogP contribution in [0, 0.1) is 6.92 Å². The smallest absolute Gasteiger partial charge is 0.492 e. The summed E-state index contributed by atoms with van der Waals surface area (Å²) >= 11 is 0. The molecule has 2 aromatic carbocycles. The van der Waals surface area contributed by atoms with Crippen LogP contribution in [0.25, 0.3) is 11.1 Å². The third-order valence-corrected chi connectivity index (χ3v) is 2.96. The molecule has 7 heteroatoms. The van der Waals surface area contributed by atoms with Crippen LogP contribution in [0.1, 0.15) is 5.56 Å². The van der Waals surface area contributed by atoms with Crippen molar-refractivity contribution in [1.29, 1.82) is 0 Å². The third kappa shape index (κ3) is 5.65. The first-order valence-electron chi connectivity index (χ1n) is 6.69. The number of benzene rings is 2. The number of ether oxygens (including phenoxy) is 2. The molecule has 0 saturated carbocycles. The van der Waals surface area contributed by atoms with E-state index in [9.17, 15) is 13.2 Å². The van der Waals surface area contributed by atoms with Gasteiger partial charge in [0.1, 0.15) is 18.1 Å². The van der Waals surface area contributed by atoms with Gasteiger partial charge >= 0.3 is 6.36 Å². The molecule has 0 aliphatic heterocycles. The topological polar surface area (TPSA) is 44.5 Å². The molecule has 2 rings (SSSR count). The van der Waals surface area contributed by atoms with Gasteiger partial charge in [-0.15, -0.1) is 25.6 Å². The highest BCUT2D eigenvalue weighted by Crippen LogP contribution is 2.31. The summed E-state index contributed by atoms with van der Waals surface area (Å²) < 4.78 is 46.2. The van der Waals surface area contributed by atoms with Gasteiger partial charge in [0.05, 0.1) is 0 Å². The summed E-state index contributed by atoms with van der Waals surface area (Å²) in [5.74, 6) is 0.433. The Bertz CT molecular complexity index is 647. The average Bonchev–Trinajstić information content (AvgIpc) is 2.43. The standard InChI is InChI=1S/C16H16F3NO2.ClH/c1-11-9-13(21-8-7-20)5-6-15(11)12-3-2-4-14(10-12)22-16(17,18)19;/h2-6,9-10H,7-8,20H2,1H3;1H. The van der Waals surface area contributed by atoms with Crippen molar-refractivity contribution in [3.05, 3.63) is 48.0 Å². The molecule has 0 aromatic heterocycles. The van der Waals surface area contributed by atoms with Gasteiger partial charge in [-0.25, -0.2) is 0 Å². The molecule has 0 radical (unpaired) electrons. The number of hydrogen-bond acceptors (Lipinski definition) is 3. The SMILES string of the molecule is Cc1cc(OCCN)ccc1-c1cccc(OC(F)(F)F)c1.Cl. The van der Waals surface area contributed by atoms with E-state index in [2.05, 4.69) is 4.74 Å². The molecule has 0 amide bonds. The van der Waals surface area contributed by atoms with Crippen molar-refractivity contribution in [2.45, 2.75) is 13.3 Å². The summed E-state index contributed by atoms with van der Waals surface area (Å²) in [6.07, 6.45) is -4.70. The molecule has 0 aliphatic rings. The molecule has 0 fully saturated rings. The van der Waals surface area contributed by atoms with Crippen LogP contribution in [0.2, 0.25) is 0 Å². The largest absolute Gasteiger partial charge is 0.573 e. The molecular weight excluding hydrogens is 331 g/mol. The summed E-state index contributed by atoms with van der Waals surface area (Å²) in [6.45, 7) is 2.69. The number of halogens is 4. The summed E-state index contributed by atoms with van der Waals surface area (Å²) in [7, 11) is 0.